The van der Waals surface area contributed by atoms with E-state index in [4.69, 9.17) is 18.9 Å². The summed E-state index contributed by atoms with van der Waals surface area (Å²) in [5.41, 5.74) is 2.24. The SMILES string of the molecule is COc1ccc(C=CC2CCC2C=Cc2ccc(OC)c(OC)c2)cc1OC. The van der Waals surface area contributed by atoms with Crippen molar-refractivity contribution in [3.8, 4) is 23.0 Å². The van der Waals surface area contributed by atoms with Gasteiger partial charge in [0.05, 0.1) is 28.4 Å². The molecule has 0 spiro atoms. The van der Waals surface area contributed by atoms with Gasteiger partial charge in [0.25, 0.3) is 0 Å². The minimum atomic E-state index is 0.560. The highest BCUT2D eigenvalue weighted by molar-refractivity contribution is 5.58. The molecule has 0 radical (unpaired) electrons. The molecule has 1 fully saturated rings. The number of hydrogen-bond acceptors (Lipinski definition) is 4. The number of allylic oxidation sites excluding steroid dienone is 2. The predicted molar refractivity (Wildman–Crippen MR) is 113 cm³/mol. The Hall–Kier alpha value is -2.88. The maximum atomic E-state index is 5.38. The average molecular weight is 380 g/mol. The molecule has 2 unspecified atom stereocenters. The summed E-state index contributed by atoms with van der Waals surface area (Å²) < 4.78 is 21.4. The van der Waals surface area contributed by atoms with Crippen LogP contribution >= 0.6 is 0 Å². The van der Waals surface area contributed by atoms with Crippen molar-refractivity contribution in [3.63, 3.8) is 0 Å². The minimum Gasteiger partial charge on any atom is -0.493 e. The minimum absolute atomic E-state index is 0.560. The highest BCUT2D eigenvalue weighted by atomic mass is 16.5. The molecule has 0 aliphatic heterocycles. The van der Waals surface area contributed by atoms with Gasteiger partial charge in [-0.05, 0) is 60.1 Å². The van der Waals surface area contributed by atoms with Crippen LogP contribution in [0.5, 0.6) is 23.0 Å². The van der Waals surface area contributed by atoms with Crippen LogP contribution in [0.15, 0.2) is 48.6 Å². The molecule has 1 saturated carbocycles. The molecule has 4 nitrogen and oxygen atoms in total. The van der Waals surface area contributed by atoms with E-state index in [1.54, 1.807) is 28.4 Å². The second-order valence-electron chi connectivity index (χ2n) is 6.85. The number of methoxy groups -OCH3 is 4. The summed E-state index contributed by atoms with van der Waals surface area (Å²) in [6.07, 6.45) is 11.4. The summed E-state index contributed by atoms with van der Waals surface area (Å²) in [6, 6.07) is 12.0. The average Bonchev–Trinajstić information content (AvgIpc) is 2.72. The Morgan fingerprint density at radius 2 is 1.00 bits per heavy atom. The molecule has 2 atom stereocenters. The second-order valence-corrected chi connectivity index (χ2v) is 6.85. The molecule has 0 bridgehead atoms. The monoisotopic (exact) mass is 380 g/mol. The van der Waals surface area contributed by atoms with Crippen LogP contribution in [0.2, 0.25) is 0 Å². The Morgan fingerprint density at radius 3 is 1.32 bits per heavy atom. The van der Waals surface area contributed by atoms with E-state index in [0.29, 0.717) is 11.8 Å². The summed E-state index contributed by atoms with van der Waals surface area (Å²) in [7, 11) is 6.62. The second kappa shape index (κ2) is 9.36. The van der Waals surface area contributed by atoms with Crippen molar-refractivity contribution in [1.82, 2.24) is 0 Å². The lowest BCUT2D eigenvalue weighted by molar-refractivity contribution is 0.288. The molecule has 4 heteroatoms. The van der Waals surface area contributed by atoms with Crippen molar-refractivity contribution < 1.29 is 18.9 Å². The summed E-state index contributed by atoms with van der Waals surface area (Å²) >= 11 is 0. The fourth-order valence-electron chi connectivity index (χ4n) is 3.41. The molecule has 2 aromatic carbocycles. The summed E-state index contributed by atoms with van der Waals surface area (Å²) in [6.45, 7) is 0. The molecular formula is C24H28O4. The fourth-order valence-corrected chi connectivity index (χ4v) is 3.41. The summed E-state index contributed by atoms with van der Waals surface area (Å²) in [4.78, 5) is 0. The summed E-state index contributed by atoms with van der Waals surface area (Å²) in [5.74, 6) is 4.12. The van der Waals surface area contributed by atoms with Gasteiger partial charge >= 0.3 is 0 Å². The Kier molecular flexibility index (Phi) is 6.64. The van der Waals surface area contributed by atoms with Crippen molar-refractivity contribution in [2.24, 2.45) is 11.8 Å². The van der Waals surface area contributed by atoms with E-state index in [-0.39, 0.29) is 0 Å². The molecule has 0 heterocycles. The highest BCUT2D eigenvalue weighted by Crippen LogP contribution is 2.38. The van der Waals surface area contributed by atoms with E-state index in [2.05, 4.69) is 24.3 Å². The van der Waals surface area contributed by atoms with Gasteiger partial charge in [-0.25, -0.2) is 0 Å². The third-order valence-electron chi connectivity index (χ3n) is 5.27. The van der Waals surface area contributed by atoms with Crippen molar-refractivity contribution in [3.05, 3.63) is 59.7 Å². The lowest BCUT2D eigenvalue weighted by atomic mass is 9.73. The van der Waals surface area contributed by atoms with E-state index in [1.807, 2.05) is 36.4 Å². The van der Waals surface area contributed by atoms with Crippen molar-refractivity contribution >= 4 is 12.2 Å². The van der Waals surface area contributed by atoms with Crippen LogP contribution in [0.3, 0.4) is 0 Å². The van der Waals surface area contributed by atoms with Crippen LogP contribution in [0.25, 0.3) is 12.2 Å². The first-order chi connectivity index (χ1) is 13.7. The third-order valence-corrected chi connectivity index (χ3v) is 5.27. The van der Waals surface area contributed by atoms with Crippen LogP contribution < -0.4 is 18.9 Å². The van der Waals surface area contributed by atoms with Gasteiger partial charge in [-0.2, -0.15) is 0 Å². The topological polar surface area (TPSA) is 36.9 Å². The van der Waals surface area contributed by atoms with Gasteiger partial charge in [-0.3, -0.25) is 0 Å². The van der Waals surface area contributed by atoms with Crippen molar-refractivity contribution in [1.29, 1.82) is 0 Å². The molecule has 28 heavy (non-hydrogen) atoms. The Bertz CT molecular complexity index is 782. The number of benzene rings is 2. The molecular weight excluding hydrogens is 352 g/mol. The van der Waals surface area contributed by atoms with Crippen molar-refractivity contribution in [2.45, 2.75) is 12.8 Å². The van der Waals surface area contributed by atoms with Crippen LogP contribution in [0.1, 0.15) is 24.0 Å². The summed E-state index contributed by atoms with van der Waals surface area (Å²) in [5, 5.41) is 0. The Balaban J connectivity index is 1.65. The van der Waals surface area contributed by atoms with Gasteiger partial charge in [0.15, 0.2) is 23.0 Å². The first kappa shape index (κ1) is 19.9. The quantitative estimate of drug-likeness (QED) is 0.608. The van der Waals surface area contributed by atoms with E-state index in [9.17, 15) is 0 Å². The number of rotatable bonds is 8. The van der Waals surface area contributed by atoms with Crippen LogP contribution in [0, 0.1) is 11.8 Å². The van der Waals surface area contributed by atoms with Crippen LogP contribution in [-0.4, -0.2) is 28.4 Å². The molecule has 1 aliphatic carbocycles. The van der Waals surface area contributed by atoms with E-state index >= 15 is 0 Å². The normalized spacial score (nSPS) is 18.9. The molecule has 1 aliphatic rings. The first-order valence-electron chi connectivity index (χ1n) is 9.49. The van der Waals surface area contributed by atoms with E-state index in [1.165, 1.54) is 12.8 Å². The Labute approximate surface area is 167 Å². The van der Waals surface area contributed by atoms with Gasteiger partial charge in [-0.1, -0.05) is 36.4 Å². The Morgan fingerprint density at radius 1 is 0.607 bits per heavy atom. The lowest BCUT2D eigenvalue weighted by Crippen LogP contribution is -2.21. The molecule has 148 valence electrons. The maximum absolute atomic E-state index is 5.38. The zero-order valence-electron chi connectivity index (χ0n) is 17.0. The largest absolute Gasteiger partial charge is 0.493 e. The molecule has 3 rings (SSSR count). The zero-order valence-corrected chi connectivity index (χ0v) is 17.0. The van der Waals surface area contributed by atoms with E-state index in [0.717, 1.165) is 34.1 Å². The maximum Gasteiger partial charge on any atom is 0.161 e. The number of hydrogen-bond donors (Lipinski definition) is 0. The fraction of sp³-hybridized carbons (Fsp3) is 0.333. The van der Waals surface area contributed by atoms with Gasteiger partial charge in [0.1, 0.15) is 0 Å². The molecule has 0 aromatic heterocycles. The van der Waals surface area contributed by atoms with Gasteiger partial charge in [0.2, 0.25) is 0 Å². The molecule has 0 N–H and O–H groups in total. The smallest absolute Gasteiger partial charge is 0.161 e. The van der Waals surface area contributed by atoms with Gasteiger partial charge in [0, 0.05) is 0 Å². The van der Waals surface area contributed by atoms with Crippen LogP contribution in [0.4, 0.5) is 0 Å². The van der Waals surface area contributed by atoms with Gasteiger partial charge in [-0.15, -0.1) is 0 Å². The van der Waals surface area contributed by atoms with E-state index < -0.39 is 0 Å². The van der Waals surface area contributed by atoms with Gasteiger partial charge < -0.3 is 18.9 Å². The van der Waals surface area contributed by atoms with Crippen LogP contribution in [-0.2, 0) is 0 Å². The predicted octanol–water partition coefficient (Wildman–Crippen LogP) is 5.47. The molecule has 0 amide bonds. The standard InChI is InChI=1S/C24H28O4/c1-25-21-13-7-17(15-23(21)27-3)5-9-19-11-12-20(19)10-6-18-8-14-22(26-2)24(16-18)28-4/h5-10,13-16,19-20H,11-12H2,1-4H3. The zero-order chi connectivity index (χ0) is 19.9. The highest BCUT2D eigenvalue weighted by Gasteiger charge is 2.26. The van der Waals surface area contributed by atoms with Crippen molar-refractivity contribution in [2.75, 3.05) is 28.4 Å². The molecule has 2 aromatic rings. The number of ether oxygens (including phenoxy) is 4. The molecule has 0 saturated heterocycles. The lowest BCUT2D eigenvalue weighted by Gasteiger charge is -2.32. The third kappa shape index (κ3) is 4.50. The first-order valence-corrected chi connectivity index (χ1v) is 9.49.